The van der Waals surface area contributed by atoms with Gasteiger partial charge < -0.3 is 14.8 Å². The van der Waals surface area contributed by atoms with E-state index in [-0.39, 0.29) is 23.0 Å². The van der Waals surface area contributed by atoms with Crippen LogP contribution in [0.25, 0.3) is 6.08 Å². The zero-order valence-electron chi connectivity index (χ0n) is 17.5. The number of anilines is 1. The molecule has 6 nitrogen and oxygen atoms in total. The molecule has 0 bridgehead atoms. The van der Waals surface area contributed by atoms with Gasteiger partial charge in [-0.3, -0.25) is 4.79 Å². The third-order valence-electron chi connectivity index (χ3n) is 4.54. The van der Waals surface area contributed by atoms with Crippen LogP contribution >= 0.6 is 11.6 Å². The number of ether oxygens (including phenoxy) is 2. The number of esters is 1. The second kappa shape index (κ2) is 10.9. The van der Waals surface area contributed by atoms with E-state index in [0.29, 0.717) is 28.1 Å². The minimum absolute atomic E-state index is 0.00218. The van der Waals surface area contributed by atoms with Crippen LogP contribution < -0.4 is 10.1 Å². The normalized spacial score (nSPS) is 10.8. The minimum atomic E-state index is -0.626. The number of rotatable bonds is 7. The van der Waals surface area contributed by atoms with Crippen LogP contribution in [-0.2, 0) is 16.1 Å². The Hall–Kier alpha value is -4.15. The molecule has 1 amide bonds. The molecule has 0 aromatic heterocycles. The second-order valence-corrected chi connectivity index (χ2v) is 7.17. The highest BCUT2D eigenvalue weighted by molar-refractivity contribution is 6.32. The van der Waals surface area contributed by atoms with Gasteiger partial charge in [0.2, 0.25) is 0 Å². The lowest BCUT2D eigenvalue weighted by molar-refractivity contribution is -0.112. The lowest BCUT2D eigenvalue weighted by atomic mass is 10.1. The molecular formula is C25H18ClFN2O4. The molecule has 0 aliphatic heterocycles. The van der Waals surface area contributed by atoms with Gasteiger partial charge in [-0.05, 0) is 54.1 Å². The average molecular weight is 465 g/mol. The molecule has 0 atom stereocenters. The van der Waals surface area contributed by atoms with Crippen molar-refractivity contribution in [3.05, 3.63) is 99.8 Å². The summed E-state index contributed by atoms with van der Waals surface area (Å²) < 4.78 is 23.9. The van der Waals surface area contributed by atoms with Crippen molar-refractivity contribution in [3.8, 4) is 11.8 Å². The Morgan fingerprint density at radius 3 is 2.48 bits per heavy atom. The van der Waals surface area contributed by atoms with E-state index in [9.17, 15) is 19.2 Å². The molecule has 3 rings (SSSR count). The first kappa shape index (κ1) is 23.5. The first-order chi connectivity index (χ1) is 15.9. The van der Waals surface area contributed by atoms with Crippen molar-refractivity contribution < 1.29 is 23.5 Å². The molecule has 8 heteroatoms. The molecule has 0 saturated heterocycles. The summed E-state index contributed by atoms with van der Waals surface area (Å²) in [5, 5.41) is 12.2. The fourth-order valence-electron chi connectivity index (χ4n) is 2.82. The minimum Gasteiger partial charge on any atom is -0.487 e. The summed E-state index contributed by atoms with van der Waals surface area (Å²) in [5.74, 6) is -1.16. The fourth-order valence-corrected chi connectivity index (χ4v) is 3.06. The van der Waals surface area contributed by atoms with Crippen LogP contribution in [0.4, 0.5) is 10.1 Å². The molecule has 3 aromatic rings. The first-order valence-electron chi connectivity index (χ1n) is 9.68. The summed E-state index contributed by atoms with van der Waals surface area (Å²) in [6.45, 7) is 0.00218. The first-order valence-corrected chi connectivity index (χ1v) is 10.1. The Kier molecular flexibility index (Phi) is 7.79. The Morgan fingerprint density at radius 2 is 1.85 bits per heavy atom. The van der Waals surface area contributed by atoms with Gasteiger partial charge in [-0.15, -0.1) is 0 Å². The molecule has 0 fully saturated rings. The number of halogens is 2. The van der Waals surface area contributed by atoms with Crippen LogP contribution in [0.15, 0.2) is 72.3 Å². The smallest absolute Gasteiger partial charge is 0.337 e. The van der Waals surface area contributed by atoms with E-state index in [4.69, 9.17) is 16.3 Å². The van der Waals surface area contributed by atoms with E-state index in [1.807, 2.05) is 6.07 Å². The van der Waals surface area contributed by atoms with E-state index in [0.717, 1.165) is 0 Å². The SMILES string of the molecule is COC(=O)c1ccc(NC(=O)/C(C#N)=C/c2ccc(OCc3ccccc3F)c(Cl)c2)cc1. The molecule has 0 radical (unpaired) electrons. The van der Waals surface area contributed by atoms with Gasteiger partial charge in [-0.1, -0.05) is 35.9 Å². The monoisotopic (exact) mass is 464 g/mol. The van der Waals surface area contributed by atoms with Gasteiger partial charge >= 0.3 is 5.97 Å². The van der Waals surface area contributed by atoms with Crippen molar-refractivity contribution in [2.75, 3.05) is 12.4 Å². The lowest BCUT2D eigenvalue weighted by Crippen LogP contribution is -2.13. The van der Waals surface area contributed by atoms with Gasteiger partial charge in [0.1, 0.15) is 29.8 Å². The van der Waals surface area contributed by atoms with Crippen LogP contribution in [0, 0.1) is 17.1 Å². The van der Waals surface area contributed by atoms with Crippen molar-refractivity contribution in [2.45, 2.75) is 6.61 Å². The summed E-state index contributed by atoms with van der Waals surface area (Å²) >= 11 is 6.25. The number of benzene rings is 3. The molecule has 0 heterocycles. The van der Waals surface area contributed by atoms with Gasteiger partial charge in [-0.25, -0.2) is 9.18 Å². The number of nitrogens with one attached hydrogen (secondary N) is 1. The van der Waals surface area contributed by atoms with Crippen LogP contribution in [0.1, 0.15) is 21.5 Å². The predicted octanol–water partition coefficient (Wildman–Crippen LogP) is 5.39. The summed E-state index contributed by atoms with van der Waals surface area (Å²) in [5.41, 5.74) is 1.48. The highest BCUT2D eigenvalue weighted by Gasteiger charge is 2.12. The number of hydrogen-bond donors (Lipinski definition) is 1. The average Bonchev–Trinajstić information content (AvgIpc) is 2.82. The molecule has 0 saturated carbocycles. The topological polar surface area (TPSA) is 88.4 Å². The Bertz CT molecular complexity index is 1250. The number of nitriles is 1. The maximum absolute atomic E-state index is 13.7. The Balaban J connectivity index is 1.69. The zero-order valence-corrected chi connectivity index (χ0v) is 18.2. The largest absolute Gasteiger partial charge is 0.487 e. The van der Waals surface area contributed by atoms with E-state index in [1.54, 1.807) is 30.3 Å². The Morgan fingerprint density at radius 1 is 1.12 bits per heavy atom. The molecule has 0 spiro atoms. The molecule has 0 unspecified atom stereocenters. The van der Waals surface area contributed by atoms with Gasteiger partial charge in [-0.2, -0.15) is 5.26 Å². The second-order valence-electron chi connectivity index (χ2n) is 6.76. The maximum Gasteiger partial charge on any atom is 0.337 e. The predicted molar refractivity (Wildman–Crippen MR) is 122 cm³/mol. The number of carbonyl (C=O) groups excluding carboxylic acids is 2. The summed E-state index contributed by atoms with van der Waals surface area (Å²) in [6.07, 6.45) is 1.38. The van der Waals surface area contributed by atoms with E-state index in [1.165, 1.54) is 49.6 Å². The Labute approximate surface area is 194 Å². The van der Waals surface area contributed by atoms with Crippen molar-refractivity contribution in [1.29, 1.82) is 5.26 Å². The van der Waals surface area contributed by atoms with Crippen molar-refractivity contribution in [2.24, 2.45) is 0 Å². The maximum atomic E-state index is 13.7. The summed E-state index contributed by atoms with van der Waals surface area (Å²) in [4.78, 5) is 24.0. The summed E-state index contributed by atoms with van der Waals surface area (Å²) in [7, 11) is 1.27. The molecule has 0 aliphatic carbocycles. The van der Waals surface area contributed by atoms with Crippen molar-refractivity contribution in [3.63, 3.8) is 0 Å². The highest BCUT2D eigenvalue weighted by atomic mass is 35.5. The van der Waals surface area contributed by atoms with Gasteiger partial charge in [0.25, 0.3) is 5.91 Å². The van der Waals surface area contributed by atoms with Crippen molar-refractivity contribution in [1.82, 2.24) is 0 Å². The van der Waals surface area contributed by atoms with Crippen LogP contribution in [0.5, 0.6) is 5.75 Å². The van der Waals surface area contributed by atoms with Crippen molar-refractivity contribution >= 4 is 35.2 Å². The standard InChI is InChI=1S/C25H18ClFN2O4/c1-32-25(31)17-7-9-20(10-8-17)29-24(30)19(14-28)12-16-6-11-23(21(26)13-16)33-15-18-4-2-3-5-22(18)27/h2-13H,15H2,1H3,(H,29,30)/b19-12+. The van der Waals surface area contributed by atoms with E-state index < -0.39 is 11.9 Å². The quantitative estimate of drug-likeness (QED) is 0.287. The highest BCUT2D eigenvalue weighted by Crippen LogP contribution is 2.27. The van der Waals surface area contributed by atoms with E-state index >= 15 is 0 Å². The third-order valence-corrected chi connectivity index (χ3v) is 4.83. The van der Waals surface area contributed by atoms with Gasteiger partial charge in [0.15, 0.2) is 0 Å². The van der Waals surface area contributed by atoms with Crippen LogP contribution in [0.3, 0.4) is 0 Å². The molecule has 33 heavy (non-hydrogen) atoms. The van der Waals surface area contributed by atoms with Crippen LogP contribution in [0.2, 0.25) is 5.02 Å². The zero-order chi connectivity index (χ0) is 23.8. The number of hydrogen-bond acceptors (Lipinski definition) is 5. The van der Waals surface area contributed by atoms with Crippen LogP contribution in [-0.4, -0.2) is 19.0 Å². The number of methoxy groups -OCH3 is 1. The number of amides is 1. The van der Waals surface area contributed by atoms with Gasteiger partial charge in [0, 0.05) is 11.3 Å². The fraction of sp³-hybridized carbons (Fsp3) is 0.0800. The van der Waals surface area contributed by atoms with Gasteiger partial charge in [0.05, 0.1) is 17.7 Å². The third kappa shape index (κ3) is 6.19. The number of nitrogens with zero attached hydrogens (tertiary/aromatic N) is 1. The molecule has 3 aromatic carbocycles. The molecular weight excluding hydrogens is 447 g/mol. The molecule has 0 aliphatic rings. The molecule has 1 N–H and O–H groups in total. The molecule has 166 valence electrons. The lowest BCUT2D eigenvalue weighted by Gasteiger charge is -2.10. The van der Waals surface area contributed by atoms with E-state index in [2.05, 4.69) is 10.1 Å². The number of carbonyl (C=O) groups is 2. The summed E-state index contributed by atoms with van der Waals surface area (Å²) in [6, 6.07) is 18.9.